The molecule has 0 N–H and O–H groups in total. The average Bonchev–Trinajstić information content (AvgIpc) is 2.66. The highest BCUT2D eigenvalue weighted by Gasteiger charge is 2.54. The summed E-state index contributed by atoms with van der Waals surface area (Å²) >= 11 is 0. The van der Waals surface area contributed by atoms with Gasteiger partial charge in [0.1, 0.15) is 5.41 Å². The summed E-state index contributed by atoms with van der Waals surface area (Å²) in [5.74, 6) is 0.663. The Kier molecular flexibility index (Phi) is 1.45. The number of nitrogens with zero attached hydrogens (tertiary/aromatic N) is 2. The summed E-state index contributed by atoms with van der Waals surface area (Å²) in [5, 5.41) is 0. The van der Waals surface area contributed by atoms with Crippen molar-refractivity contribution in [2.45, 2.75) is 25.4 Å². The van der Waals surface area contributed by atoms with Crippen LogP contribution in [0.1, 0.15) is 19.3 Å². The molecule has 0 aromatic carbocycles. The number of fused-ring (bicyclic) bond motifs is 2. The zero-order valence-corrected chi connectivity index (χ0v) is 6.83. The zero-order chi connectivity index (χ0) is 8.60. The van der Waals surface area contributed by atoms with Crippen molar-refractivity contribution in [1.29, 1.82) is 0 Å². The van der Waals surface area contributed by atoms with Gasteiger partial charge in [-0.1, -0.05) is 12.2 Å². The first-order valence-electron chi connectivity index (χ1n) is 4.23. The number of hydrogen-bond acceptors (Lipinski definition) is 0. The maximum absolute atomic E-state index is 6.95. The van der Waals surface area contributed by atoms with Crippen molar-refractivity contribution < 1.29 is 0 Å². The predicted octanol–water partition coefficient (Wildman–Crippen LogP) is 2.51. The predicted molar refractivity (Wildman–Crippen MR) is 45.9 cm³/mol. The molecule has 1 saturated carbocycles. The molecule has 0 amide bonds. The van der Waals surface area contributed by atoms with Gasteiger partial charge in [-0.05, 0) is 25.2 Å². The van der Waals surface area contributed by atoms with Crippen LogP contribution in [0.3, 0.4) is 0 Å². The summed E-state index contributed by atoms with van der Waals surface area (Å²) in [6.07, 6.45) is 7.11. The van der Waals surface area contributed by atoms with Gasteiger partial charge in [0.2, 0.25) is 0 Å². The van der Waals surface area contributed by atoms with Crippen molar-refractivity contribution in [2.75, 3.05) is 0 Å². The Morgan fingerprint density at radius 3 is 2.50 bits per heavy atom. The maximum Gasteiger partial charge on any atom is 0.483 e. The Bertz CT molecular complexity index is 291. The largest absolute Gasteiger partial charge is 0.483 e. The van der Waals surface area contributed by atoms with E-state index in [1.165, 1.54) is 6.42 Å². The van der Waals surface area contributed by atoms with Gasteiger partial charge in [-0.25, -0.2) is 22.8 Å². The number of allylic oxidation sites excluding steroid dienone is 1. The summed E-state index contributed by atoms with van der Waals surface area (Å²) < 4.78 is 0. The van der Waals surface area contributed by atoms with Gasteiger partial charge < -0.3 is 0 Å². The van der Waals surface area contributed by atoms with E-state index >= 15 is 0 Å². The van der Waals surface area contributed by atoms with Gasteiger partial charge in [-0.15, -0.1) is 0 Å². The molecule has 0 saturated heterocycles. The molecule has 0 aromatic rings. The first-order valence-corrected chi connectivity index (χ1v) is 4.23. The lowest BCUT2D eigenvalue weighted by Crippen LogP contribution is -2.23. The van der Waals surface area contributed by atoms with Crippen molar-refractivity contribution >= 4 is 0 Å². The standard InChI is InChI=1S/C10H10N2/c1-11-9(12-2)10-5-3-8(7-10)4-6-10/h3,5,8-9H,4,6-7H2. The molecule has 2 atom stereocenters. The highest BCUT2D eigenvalue weighted by molar-refractivity contribution is 5.23. The molecule has 60 valence electrons. The molecular formula is C10H10N2. The smallest absolute Gasteiger partial charge is 0.232 e. The first-order chi connectivity index (χ1) is 5.80. The minimum absolute atomic E-state index is 0.0613. The normalized spacial score (nSPS) is 36.8. The minimum Gasteiger partial charge on any atom is -0.232 e. The second kappa shape index (κ2) is 2.35. The fourth-order valence-electron chi connectivity index (χ4n) is 2.40. The van der Waals surface area contributed by atoms with Crippen LogP contribution in [0.15, 0.2) is 12.2 Å². The molecule has 0 spiro atoms. The van der Waals surface area contributed by atoms with E-state index in [0.29, 0.717) is 5.92 Å². The van der Waals surface area contributed by atoms with Crippen molar-refractivity contribution in [3.63, 3.8) is 0 Å². The lowest BCUT2D eigenvalue weighted by molar-refractivity contribution is 0.388. The minimum atomic E-state index is -0.457. The maximum atomic E-state index is 6.95. The van der Waals surface area contributed by atoms with Crippen LogP contribution in [0.25, 0.3) is 9.69 Å². The van der Waals surface area contributed by atoms with Crippen molar-refractivity contribution in [1.82, 2.24) is 0 Å². The Balaban J connectivity index is 2.29. The quantitative estimate of drug-likeness (QED) is 0.409. The summed E-state index contributed by atoms with van der Waals surface area (Å²) in [6.45, 7) is 13.9. The van der Waals surface area contributed by atoms with E-state index < -0.39 is 6.17 Å². The molecule has 2 unspecified atom stereocenters. The third kappa shape index (κ3) is 0.786. The van der Waals surface area contributed by atoms with Gasteiger partial charge in [-0.3, -0.25) is 0 Å². The Hall–Kier alpha value is -1.28. The second-order valence-electron chi connectivity index (χ2n) is 3.73. The Morgan fingerprint density at radius 1 is 1.42 bits per heavy atom. The molecule has 2 heteroatoms. The molecule has 2 rings (SSSR count). The van der Waals surface area contributed by atoms with Crippen LogP contribution in [0.4, 0.5) is 0 Å². The molecule has 2 aliphatic rings. The van der Waals surface area contributed by atoms with Crippen LogP contribution < -0.4 is 0 Å². The third-order valence-corrected chi connectivity index (χ3v) is 3.08. The van der Waals surface area contributed by atoms with Crippen molar-refractivity contribution in [2.24, 2.45) is 11.3 Å². The van der Waals surface area contributed by atoms with Gasteiger partial charge in [-0.2, -0.15) is 0 Å². The molecule has 0 aliphatic heterocycles. The van der Waals surface area contributed by atoms with E-state index in [0.717, 1.165) is 12.8 Å². The molecular weight excluding hydrogens is 148 g/mol. The summed E-state index contributed by atoms with van der Waals surface area (Å²) in [4.78, 5) is 6.81. The first kappa shape index (κ1) is 7.37. The van der Waals surface area contributed by atoms with Gasteiger partial charge >= 0.3 is 6.17 Å². The van der Waals surface area contributed by atoms with Crippen LogP contribution in [0.5, 0.6) is 0 Å². The summed E-state index contributed by atoms with van der Waals surface area (Å²) in [7, 11) is 0. The Morgan fingerprint density at radius 2 is 2.17 bits per heavy atom. The van der Waals surface area contributed by atoms with Gasteiger partial charge in [0, 0.05) is 0 Å². The zero-order valence-electron chi connectivity index (χ0n) is 6.83. The fraction of sp³-hybridized carbons (Fsp3) is 0.600. The third-order valence-electron chi connectivity index (χ3n) is 3.08. The van der Waals surface area contributed by atoms with Gasteiger partial charge in [0.25, 0.3) is 0 Å². The molecule has 2 nitrogen and oxygen atoms in total. The van der Waals surface area contributed by atoms with E-state index in [4.69, 9.17) is 13.1 Å². The van der Waals surface area contributed by atoms with Crippen LogP contribution in [0, 0.1) is 24.5 Å². The van der Waals surface area contributed by atoms with E-state index in [9.17, 15) is 0 Å². The van der Waals surface area contributed by atoms with Gasteiger partial charge in [0.15, 0.2) is 0 Å². The molecule has 2 aliphatic carbocycles. The van der Waals surface area contributed by atoms with Crippen LogP contribution in [0.2, 0.25) is 0 Å². The highest BCUT2D eigenvalue weighted by atomic mass is 15.0. The average molecular weight is 158 g/mol. The molecule has 2 bridgehead atoms. The topological polar surface area (TPSA) is 8.72 Å². The Labute approximate surface area is 72.5 Å². The molecule has 12 heavy (non-hydrogen) atoms. The monoisotopic (exact) mass is 158 g/mol. The van der Waals surface area contributed by atoms with E-state index in [1.807, 2.05) is 0 Å². The SMILES string of the molecule is [C-]#[N+]C([N+]#[C-])C12C=CC(CC1)C2. The summed E-state index contributed by atoms with van der Waals surface area (Å²) in [6, 6.07) is 0. The molecule has 0 radical (unpaired) electrons. The van der Waals surface area contributed by atoms with Gasteiger partial charge in [0.05, 0.1) is 0 Å². The molecule has 0 aromatic heterocycles. The molecule has 1 fully saturated rings. The van der Waals surface area contributed by atoms with E-state index in [-0.39, 0.29) is 5.41 Å². The summed E-state index contributed by atoms with van der Waals surface area (Å²) in [5.41, 5.74) is -0.0613. The van der Waals surface area contributed by atoms with Crippen LogP contribution >= 0.6 is 0 Å². The highest BCUT2D eigenvalue weighted by Crippen LogP contribution is 2.52. The van der Waals surface area contributed by atoms with Crippen molar-refractivity contribution in [3.05, 3.63) is 35.0 Å². The van der Waals surface area contributed by atoms with E-state index in [2.05, 4.69) is 21.8 Å². The fourth-order valence-corrected chi connectivity index (χ4v) is 2.40. The number of rotatable bonds is 1. The van der Waals surface area contributed by atoms with E-state index in [1.54, 1.807) is 0 Å². The lowest BCUT2D eigenvalue weighted by atomic mass is 9.85. The number of hydrogen-bond donors (Lipinski definition) is 0. The van der Waals surface area contributed by atoms with Crippen LogP contribution in [-0.2, 0) is 0 Å². The second-order valence-corrected chi connectivity index (χ2v) is 3.73. The molecule has 0 heterocycles. The van der Waals surface area contributed by atoms with Crippen molar-refractivity contribution in [3.8, 4) is 0 Å². The van der Waals surface area contributed by atoms with Crippen LogP contribution in [-0.4, -0.2) is 6.17 Å². The lowest BCUT2D eigenvalue weighted by Gasteiger charge is -2.15.